The van der Waals surface area contributed by atoms with E-state index >= 15 is 0 Å². The minimum atomic E-state index is -0.470. The number of nitrogens with one attached hydrogen (secondary N) is 1. The van der Waals surface area contributed by atoms with Crippen LogP contribution < -0.4 is 0 Å². The van der Waals surface area contributed by atoms with Crippen molar-refractivity contribution in [3.05, 3.63) is 52.3 Å². The van der Waals surface area contributed by atoms with E-state index in [0.717, 1.165) is 22.7 Å². The van der Waals surface area contributed by atoms with Gasteiger partial charge in [-0.15, -0.1) is 0 Å². The number of aromatic nitrogens is 1. The molecule has 0 spiro atoms. The van der Waals surface area contributed by atoms with Gasteiger partial charge in [0.15, 0.2) is 0 Å². The Labute approximate surface area is 80.0 Å². The zero-order chi connectivity index (χ0) is 9.97. The van der Waals surface area contributed by atoms with Crippen LogP contribution in [0.5, 0.6) is 0 Å². The first-order chi connectivity index (χ1) is 6.77. The lowest BCUT2D eigenvalue weighted by molar-refractivity contribution is -0.400. The fraction of sp³-hybridized carbons (Fsp3) is 0. The van der Waals surface area contributed by atoms with Crippen molar-refractivity contribution in [2.75, 3.05) is 0 Å². The van der Waals surface area contributed by atoms with Gasteiger partial charge in [-0.2, -0.15) is 0 Å². The number of rotatable bonds is 2. The van der Waals surface area contributed by atoms with Crippen molar-refractivity contribution in [1.29, 1.82) is 0 Å². The van der Waals surface area contributed by atoms with Crippen LogP contribution in [0.4, 0.5) is 0 Å². The highest BCUT2D eigenvalue weighted by atomic mass is 16.6. The van der Waals surface area contributed by atoms with Crippen LogP contribution in [0.3, 0.4) is 0 Å². The summed E-state index contributed by atoms with van der Waals surface area (Å²) >= 11 is 0. The summed E-state index contributed by atoms with van der Waals surface area (Å²) in [7, 11) is 0. The molecule has 0 saturated carbocycles. The lowest BCUT2D eigenvalue weighted by atomic mass is 10.2. The lowest BCUT2D eigenvalue weighted by Crippen LogP contribution is -1.81. The summed E-state index contributed by atoms with van der Waals surface area (Å²) in [4.78, 5) is 12.7. The Morgan fingerprint density at radius 1 is 1.36 bits per heavy atom. The third-order valence-corrected chi connectivity index (χ3v) is 2.00. The number of nitrogens with zero attached hydrogens (tertiary/aromatic N) is 1. The van der Waals surface area contributed by atoms with E-state index in [1.807, 2.05) is 24.3 Å². The third kappa shape index (κ3) is 1.50. The number of benzene rings is 1. The molecule has 0 aliphatic heterocycles. The summed E-state index contributed by atoms with van der Waals surface area (Å²) in [6.07, 6.45) is 4.18. The highest BCUT2D eigenvalue weighted by Gasteiger charge is 1.99. The van der Waals surface area contributed by atoms with Crippen LogP contribution in [0.25, 0.3) is 17.0 Å². The van der Waals surface area contributed by atoms with E-state index in [2.05, 4.69) is 4.98 Å². The summed E-state index contributed by atoms with van der Waals surface area (Å²) in [5.74, 6) is 0. The molecule has 0 bridgehead atoms. The number of nitro groups is 1. The Bertz CT molecular complexity index is 500. The molecule has 2 rings (SSSR count). The van der Waals surface area contributed by atoms with Crippen molar-refractivity contribution >= 4 is 17.0 Å². The summed E-state index contributed by atoms with van der Waals surface area (Å²) in [5, 5.41) is 11.1. The summed E-state index contributed by atoms with van der Waals surface area (Å²) in [6, 6.07) is 7.67. The third-order valence-electron chi connectivity index (χ3n) is 2.00. The number of aromatic amines is 1. The molecule has 70 valence electrons. The molecule has 0 atom stereocenters. The molecule has 0 radical (unpaired) electrons. The van der Waals surface area contributed by atoms with Gasteiger partial charge in [0.25, 0.3) is 0 Å². The highest BCUT2D eigenvalue weighted by molar-refractivity contribution is 5.88. The van der Waals surface area contributed by atoms with Gasteiger partial charge in [-0.1, -0.05) is 18.2 Å². The van der Waals surface area contributed by atoms with Gasteiger partial charge in [-0.05, 0) is 6.07 Å². The number of fused-ring (bicyclic) bond motifs is 1. The molecule has 1 aromatic heterocycles. The van der Waals surface area contributed by atoms with Crippen LogP contribution in [0.1, 0.15) is 5.56 Å². The molecule has 0 aliphatic carbocycles. The predicted molar refractivity (Wildman–Crippen MR) is 54.3 cm³/mol. The van der Waals surface area contributed by atoms with Crippen molar-refractivity contribution in [2.45, 2.75) is 0 Å². The molecule has 14 heavy (non-hydrogen) atoms. The van der Waals surface area contributed by atoms with Crippen LogP contribution >= 0.6 is 0 Å². The first-order valence-corrected chi connectivity index (χ1v) is 4.15. The Hall–Kier alpha value is -2.10. The Balaban J connectivity index is 2.48. The molecular formula is C10H8N2O2. The van der Waals surface area contributed by atoms with E-state index in [1.54, 1.807) is 6.20 Å². The molecule has 1 heterocycles. The monoisotopic (exact) mass is 188 g/mol. The molecule has 0 amide bonds. The van der Waals surface area contributed by atoms with E-state index in [1.165, 1.54) is 6.08 Å². The van der Waals surface area contributed by atoms with Crippen LogP contribution in [-0.2, 0) is 0 Å². The van der Waals surface area contributed by atoms with Gasteiger partial charge in [0, 0.05) is 28.7 Å². The fourth-order valence-electron chi connectivity index (χ4n) is 1.37. The molecule has 0 aliphatic rings. The topological polar surface area (TPSA) is 58.9 Å². The lowest BCUT2D eigenvalue weighted by Gasteiger charge is -1.88. The van der Waals surface area contributed by atoms with Crippen molar-refractivity contribution < 1.29 is 4.92 Å². The van der Waals surface area contributed by atoms with E-state index in [-0.39, 0.29) is 0 Å². The Kier molecular flexibility index (Phi) is 2.02. The largest absolute Gasteiger partial charge is 0.361 e. The summed E-state index contributed by atoms with van der Waals surface area (Å²) in [5.41, 5.74) is 1.81. The van der Waals surface area contributed by atoms with Crippen molar-refractivity contribution in [1.82, 2.24) is 4.98 Å². The Morgan fingerprint density at radius 2 is 2.14 bits per heavy atom. The van der Waals surface area contributed by atoms with Gasteiger partial charge < -0.3 is 4.98 Å². The van der Waals surface area contributed by atoms with Gasteiger partial charge >= 0.3 is 0 Å². The molecule has 4 nitrogen and oxygen atoms in total. The maximum atomic E-state index is 10.1. The van der Waals surface area contributed by atoms with Crippen molar-refractivity contribution in [3.8, 4) is 0 Å². The molecule has 0 unspecified atom stereocenters. The number of H-pyrrole nitrogens is 1. The van der Waals surface area contributed by atoms with Crippen molar-refractivity contribution in [3.63, 3.8) is 0 Å². The molecule has 0 saturated heterocycles. The SMILES string of the molecule is O=[N+]([O-])/C=C/c1c[nH]c2ccccc12. The minimum absolute atomic E-state index is 0.470. The average Bonchev–Trinajstić information content (AvgIpc) is 2.58. The first-order valence-electron chi connectivity index (χ1n) is 4.15. The molecule has 1 aromatic carbocycles. The molecule has 2 aromatic rings. The molecule has 1 N–H and O–H groups in total. The predicted octanol–water partition coefficient (Wildman–Crippen LogP) is 2.42. The number of hydrogen-bond donors (Lipinski definition) is 1. The van der Waals surface area contributed by atoms with E-state index in [0.29, 0.717) is 0 Å². The van der Waals surface area contributed by atoms with Crippen LogP contribution in [-0.4, -0.2) is 9.91 Å². The molecule has 0 fully saturated rings. The van der Waals surface area contributed by atoms with Crippen LogP contribution in [0, 0.1) is 10.1 Å². The standard InChI is InChI=1S/C10H8N2O2/c13-12(14)6-5-8-7-11-10-4-2-1-3-9(8)10/h1-7,11H/b6-5+. The first kappa shape index (κ1) is 8.50. The smallest absolute Gasteiger partial charge is 0.235 e. The van der Waals surface area contributed by atoms with Gasteiger partial charge in [-0.25, -0.2) is 0 Å². The maximum Gasteiger partial charge on any atom is 0.235 e. The van der Waals surface area contributed by atoms with E-state index < -0.39 is 4.92 Å². The normalized spacial score (nSPS) is 11.1. The zero-order valence-corrected chi connectivity index (χ0v) is 7.31. The van der Waals surface area contributed by atoms with Crippen LogP contribution in [0.2, 0.25) is 0 Å². The second kappa shape index (κ2) is 3.33. The molecular weight excluding hydrogens is 180 g/mol. The van der Waals surface area contributed by atoms with Crippen LogP contribution in [0.15, 0.2) is 36.7 Å². The van der Waals surface area contributed by atoms with Gasteiger partial charge in [-0.3, -0.25) is 10.1 Å². The number of para-hydroxylation sites is 1. The average molecular weight is 188 g/mol. The van der Waals surface area contributed by atoms with E-state index in [9.17, 15) is 10.1 Å². The summed E-state index contributed by atoms with van der Waals surface area (Å²) < 4.78 is 0. The minimum Gasteiger partial charge on any atom is -0.361 e. The Morgan fingerprint density at radius 3 is 2.93 bits per heavy atom. The van der Waals surface area contributed by atoms with Crippen molar-refractivity contribution in [2.24, 2.45) is 0 Å². The van der Waals surface area contributed by atoms with E-state index in [4.69, 9.17) is 0 Å². The summed E-state index contributed by atoms with van der Waals surface area (Å²) in [6.45, 7) is 0. The zero-order valence-electron chi connectivity index (χ0n) is 7.31. The van der Waals surface area contributed by atoms with Gasteiger partial charge in [0.2, 0.25) is 6.20 Å². The second-order valence-corrected chi connectivity index (χ2v) is 2.89. The van der Waals surface area contributed by atoms with Gasteiger partial charge in [0.1, 0.15) is 0 Å². The second-order valence-electron chi connectivity index (χ2n) is 2.89. The van der Waals surface area contributed by atoms with Gasteiger partial charge in [0.05, 0.1) is 4.92 Å². The number of hydrogen-bond acceptors (Lipinski definition) is 2. The maximum absolute atomic E-state index is 10.1. The quantitative estimate of drug-likeness (QED) is 0.581. The molecule has 4 heteroatoms. The fourth-order valence-corrected chi connectivity index (χ4v) is 1.37. The highest BCUT2D eigenvalue weighted by Crippen LogP contribution is 2.18.